The maximum atomic E-state index is 13.9. The monoisotopic (exact) mass is 342 g/mol. The summed E-state index contributed by atoms with van der Waals surface area (Å²) in [5.41, 5.74) is 0.687. The molecule has 6 heteroatoms. The number of likely N-dealkylation sites (tertiary alicyclic amines) is 1. The van der Waals surface area contributed by atoms with Gasteiger partial charge in [-0.1, -0.05) is 18.2 Å². The largest absolute Gasteiger partial charge is 0.342 e. The van der Waals surface area contributed by atoms with Gasteiger partial charge in [0.25, 0.3) is 0 Å². The predicted octanol–water partition coefficient (Wildman–Crippen LogP) is 2.95. The van der Waals surface area contributed by atoms with Gasteiger partial charge in [0.15, 0.2) is 0 Å². The molecule has 132 valence electrons. The van der Waals surface area contributed by atoms with E-state index in [2.05, 4.69) is 21.7 Å². The van der Waals surface area contributed by atoms with E-state index in [1.165, 1.54) is 6.07 Å². The maximum absolute atomic E-state index is 13.9. The van der Waals surface area contributed by atoms with Gasteiger partial charge in [-0.15, -0.1) is 10.2 Å². The van der Waals surface area contributed by atoms with Crippen LogP contribution >= 0.6 is 0 Å². The highest BCUT2D eigenvalue weighted by atomic mass is 19.1. The fourth-order valence-corrected chi connectivity index (χ4v) is 4.00. The second kappa shape index (κ2) is 6.58. The number of piperidine rings is 1. The molecule has 2 aliphatic rings. The van der Waals surface area contributed by atoms with Crippen molar-refractivity contribution in [3.63, 3.8) is 0 Å². The van der Waals surface area contributed by atoms with E-state index in [0.29, 0.717) is 11.5 Å². The Morgan fingerprint density at radius 1 is 1.28 bits per heavy atom. The Bertz CT molecular complexity index is 766. The van der Waals surface area contributed by atoms with Gasteiger partial charge in [0.1, 0.15) is 18.0 Å². The van der Waals surface area contributed by atoms with Gasteiger partial charge < -0.3 is 9.47 Å². The lowest BCUT2D eigenvalue weighted by Gasteiger charge is -2.32. The third-order valence-electron chi connectivity index (χ3n) is 5.57. The van der Waals surface area contributed by atoms with Crippen molar-refractivity contribution < 1.29 is 9.18 Å². The molecule has 1 saturated heterocycles. The van der Waals surface area contributed by atoms with E-state index in [9.17, 15) is 9.18 Å². The van der Waals surface area contributed by atoms with Crippen molar-refractivity contribution in [1.82, 2.24) is 19.7 Å². The molecular formula is C19H23FN4O. The Hall–Kier alpha value is -2.24. The zero-order valence-electron chi connectivity index (χ0n) is 14.4. The first-order valence-electron chi connectivity index (χ1n) is 9.10. The van der Waals surface area contributed by atoms with Crippen LogP contribution in [-0.2, 0) is 11.3 Å². The van der Waals surface area contributed by atoms with E-state index < -0.39 is 0 Å². The van der Waals surface area contributed by atoms with E-state index in [1.54, 1.807) is 18.5 Å². The highest BCUT2D eigenvalue weighted by molar-refractivity contribution is 5.83. The molecule has 1 aliphatic heterocycles. The van der Waals surface area contributed by atoms with Crippen LogP contribution in [0.1, 0.15) is 49.4 Å². The van der Waals surface area contributed by atoms with Crippen LogP contribution in [0.4, 0.5) is 4.39 Å². The maximum Gasteiger partial charge on any atom is 0.226 e. The molecular weight excluding hydrogens is 319 g/mol. The number of hydrogen-bond donors (Lipinski definition) is 0. The Morgan fingerprint density at radius 2 is 2.04 bits per heavy atom. The van der Waals surface area contributed by atoms with Gasteiger partial charge in [-0.25, -0.2) is 4.39 Å². The predicted molar refractivity (Wildman–Crippen MR) is 91.5 cm³/mol. The standard InChI is InChI=1S/C19H23FN4O/c1-2-23-12-21-22-18(23)13-7-9-24(10-8-13)19(25)16-11-15(16)14-5-3-4-6-17(14)20/h3-6,12-13,15-16H,2,7-11H2,1H3/t15-,16-/m1/s1. The number of nitrogens with zero attached hydrogens (tertiary/aromatic N) is 4. The van der Waals surface area contributed by atoms with Gasteiger partial charge in [-0.3, -0.25) is 4.79 Å². The fourth-order valence-electron chi connectivity index (χ4n) is 4.00. The first-order valence-corrected chi connectivity index (χ1v) is 9.10. The fraction of sp³-hybridized carbons (Fsp3) is 0.526. The minimum atomic E-state index is -0.194. The normalized spacial score (nSPS) is 23.7. The third-order valence-corrected chi connectivity index (χ3v) is 5.57. The van der Waals surface area contributed by atoms with Crippen LogP contribution in [0.25, 0.3) is 0 Å². The molecule has 0 spiro atoms. The first kappa shape index (κ1) is 16.2. The number of aryl methyl sites for hydroxylation is 1. The van der Waals surface area contributed by atoms with Crippen molar-refractivity contribution in [2.45, 2.75) is 44.6 Å². The number of hydrogen-bond acceptors (Lipinski definition) is 3. The number of benzene rings is 1. The average Bonchev–Trinajstić information content (AvgIpc) is 3.29. The molecule has 2 aromatic rings. The first-order chi connectivity index (χ1) is 12.2. The molecule has 2 heterocycles. The summed E-state index contributed by atoms with van der Waals surface area (Å²) < 4.78 is 16.0. The van der Waals surface area contributed by atoms with Crippen LogP contribution in [0.15, 0.2) is 30.6 Å². The van der Waals surface area contributed by atoms with Crippen molar-refractivity contribution in [3.8, 4) is 0 Å². The Morgan fingerprint density at radius 3 is 2.76 bits per heavy atom. The van der Waals surface area contributed by atoms with Crippen molar-refractivity contribution in [3.05, 3.63) is 47.8 Å². The number of carbonyl (C=O) groups excluding carboxylic acids is 1. The summed E-state index contributed by atoms with van der Waals surface area (Å²) in [6.07, 6.45) is 4.38. The Kier molecular flexibility index (Phi) is 4.27. The molecule has 1 amide bonds. The van der Waals surface area contributed by atoms with Crippen LogP contribution in [0.5, 0.6) is 0 Å². The van der Waals surface area contributed by atoms with Gasteiger partial charge in [-0.2, -0.15) is 0 Å². The molecule has 1 aliphatic carbocycles. The number of halogens is 1. The van der Waals surface area contributed by atoms with Crippen molar-refractivity contribution in [2.24, 2.45) is 5.92 Å². The number of carbonyl (C=O) groups is 1. The summed E-state index contributed by atoms with van der Waals surface area (Å²) >= 11 is 0. The van der Waals surface area contributed by atoms with Crippen LogP contribution in [0.2, 0.25) is 0 Å². The van der Waals surface area contributed by atoms with Crippen LogP contribution < -0.4 is 0 Å². The average molecular weight is 342 g/mol. The highest BCUT2D eigenvalue weighted by Crippen LogP contribution is 2.49. The second-order valence-electron chi connectivity index (χ2n) is 7.04. The molecule has 2 fully saturated rings. The molecule has 25 heavy (non-hydrogen) atoms. The van der Waals surface area contributed by atoms with Gasteiger partial charge in [0, 0.05) is 31.5 Å². The van der Waals surface area contributed by atoms with Crippen molar-refractivity contribution in [2.75, 3.05) is 13.1 Å². The minimum Gasteiger partial charge on any atom is -0.342 e. The molecule has 1 aromatic carbocycles. The zero-order valence-corrected chi connectivity index (χ0v) is 14.4. The van der Waals surface area contributed by atoms with Gasteiger partial charge in [-0.05, 0) is 43.7 Å². The molecule has 4 rings (SSSR count). The lowest BCUT2D eigenvalue weighted by molar-refractivity contribution is -0.133. The van der Waals surface area contributed by atoms with Crippen LogP contribution in [0.3, 0.4) is 0 Å². The third kappa shape index (κ3) is 3.05. The van der Waals surface area contributed by atoms with E-state index in [0.717, 1.165) is 44.7 Å². The summed E-state index contributed by atoms with van der Waals surface area (Å²) in [6, 6.07) is 6.81. The summed E-state index contributed by atoms with van der Waals surface area (Å²) in [7, 11) is 0. The Balaban J connectivity index is 1.36. The van der Waals surface area contributed by atoms with E-state index in [4.69, 9.17) is 0 Å². The van der Waals surface area contributed by atoms with Crippen LogP contribution in [0, 0.1) is 11.7 Å². The molecule has 2 atom stereocenters. The van der Waals surface area contributed by atoms with Gasteiger partial charge in [0.2, 0.25) is 5.91 Å². The topological polar surface area (TPSA) is 51.0 Å². The summed E-state index contributed by atoms with van der Waals surface area (Å²) in [5.74, 6) is 1.39. The molecule has 1 aromatic heterocycles. The Labute approximate surface area is 146 Å². The number of rotatable bonds is 4. The van der Waals surface area contributed by atoms with Gasteiger partial charge in [0.05, 0.1) is 0 Å². The quantitative estimate of drug-likeness (QED) is 0.858. The summed E-state index contributed by atoms with van der Waals surface area (Å²) in [5, 5.41) is 8.27. The number of amides is 1. The molecule has 0 N–H and O–H groups in total. The molecule has 1 saturated carbocycles. The smallest absolute Gasteiger partial charge is 0.226 e. The second-order valence-corrected chi connectivity index (χ2v) is 7.04. The van der Waals surface area contributed by atoms with Crippen LogP contribution in [-0.4, -0.2) is 38.7 Å². The van der Waals surface area contributed by atoms with E-state index in [1.807, 2.05) is 11.0 Å². The minimum absolute atomic E-state index is 0.0484. The van der Waals surface area contributed by atoms with Gasteiger partial charge >= 0.3 is 0 Å². The van der Waals surface area contributed by atoms with Crippen molar-refractivity contribution >= 4 is 5.91 Å². The molecule has 0 bridgehead atoms. The molecule has 0 unspecified atom stereocenters. The SMILES string of the molecule is CCn1cnnc1C1CCN(C(=O)[C@@H]2C[C@@H]2c2ccccc2F)CC1. The molecule has 5 nitrogen and oxygen atoms in total. The lowest BCUT2D eigenvalue weighted by Crippen LogP contribution is -2.39. The van der Waals surface area contributed by atoms with Crippen molar-refractivity contribution in [1.29, 1.82) is 0 Å². The number of aromatic nitrogens is 3. The zero-order chi connectivity index (χ0) is 17.4. The lowest BCUT2D eigenvalue weighted by atomic mass is 9.95. The summed E-state index contributed by atoms with van der Waals surface area (Å²) in [4.78, 5) is 14.7. The van der Waals surface area contributed by atoms with E-state index in [-0.39, 0.29) is 23.6 Å². The highest BCUT2D eigenvalue weighted by Gasteiger charge is 2.47. The van der Waals surface area contributed by atoms with E-state index >= 15 is 0 Å². The molecule has 0 radical (unpaired) electrons. The summed E-state index contributed by atoms with van der Waals surface area (Å²) in [6.45, 7) is 4.45.